The summed E-state index contributed by atoms with van der Waals surface area (Å²) in [5.41, 5.74) is 1.03. The number of fused-ring (bicyclic) bond motifs is 4. The van der Waals surface area contributed by atoms with Gasteiger partial charge in [-0.15, -0.1) is 0 Å². The maximum Gasteiger partial charge on any atom is 0.334 e. The highest BCUT2D eigenvalue weighted by molar-refractivity contribution is 5.90. The van der Waals surface area contributed by atoms with Gasteiger partial charge in [0.15, 0.2) is 0 Å². The van der Waals surface area contributed by atoms with E-state index in [-0.39, 0.29) is 36.1 Å². The average molecular weight is 334 g/mol. The van der Waals surface area contributed by atoms with Gasteiger partial charge in [-0.1, -0.05) is 25.2 Å². The molecule has 0 radical (unpaired) electrons. The molecular formula is C20H30O4. The number of hydrogen-bond acceptors (Lipinski definition) is 4. The lowest BCUT2D eigenvalue weighted by molar-refractivity contribution is -0.208. The van der Waals surface area contributed by atoms with Crippen LogP contribution in [0.25, 0.3) is 0 Å². The zero-order valence-corrected chi connectivity index (χ0v) is 15.1. The van der Waals surface area contributed by atoms with E-state index >= 15 is 0 Å². The summed E-state index contributed by atoms with van der Waals surface area (Å²) in [6, 6.07) is 0. The smallest absolute Gasteiger partial charge is 0.334 e. The summed E-state index contributed by atoms with van der Waals surface area (Å²) in [5, 5.41) is 11.0. The van der Waals surface area contributed by atoms with E-state index < -0.39 is 5.60 Å². The van der Waals surface area contributed by atoms with Crippen molar-refractivity contribution in [3.05, 3.63) is 23.8 Å². The minimum atomic E-state index is -0.912. The Morgan fingerprint density at radius 3 is 2.88 bits per heavy atom. The van der Waals surface area contributed by atoms with E-state index in [2.05, 4.69) is 26.5 Å². The first-order valence-electron chi connectivity index (χ1n) is 9.23. The molecule has 3 aliphatic rings. The van der Waals surface area contributed by atoms with Crippen LogP contribution >= 0.6 is 0 Å². The van der Waals surface area contributed by atoms with Crippen molar-refractivity contribution in [2.45, 2.75) is 83.2 Å². The fourth-order valence-corrected chi connectivity index (χ4v) is 4.36. The van der Waals surface area contributed by atoms with Gasteiger partial charge < -0.3 is 14.6 Å². The topological polar surface area (TPSA) is 55.8 Å². The highest BCUT2D eigenvalue weighted by atomic mass is 16.6. The van der Waals surface area contributed by atoms with Crippen LogP contribution in [0.4, 0.5) is 0 Å². The molecule has 134 valence electrons. The van der Waals surface area contributed by atoms with E-state index in [1.54, 1.807) is 0 Å². The number of carbonyl (C=O) groups is 1. The molecular weight excluding hydrogens is 304 g/mol. The van der Waals surface area contributed by atoms with E-state index in [0.29, 0.717) is 18.4 Å². The van der Waals surface area contributed by atoms with Crippen molar-refractivity contribution in [2.75, 3.05) is 0 Å². The Kier molecular flexibility index (Phi) is 4.89. The van der Waals surface area contributed by atoms with Gasteiger partial charge in [0, 0.05) is 11.5 Å². The second kappa shape index (κ2) is 6.64. The lowest BCUT2D eigenvalue weighted by atomic mass is 9.76. The third-order valence-electron chi connectivity index (χ3n) is 6.09. The fraction of sp³-hybridized carbons (Fsp3) is 0.750. The van der Waals surface area contributed by atoms with Gasteiger partial charge in [0.25, 0.3) is 0 Å². The Labute approximate surface area is 144 Å². The third kappa shape index (κ3) is 3.31. The highest BCUT2D eigenvalue weighted by Gasteiger charge is 2.53. The minimum absolute atomic E-state index is 0.0320. The first-order chi connectivity index (χ1) is 11.3. The Morgan fingerprint density at radius 2 is 2.12 bits per heavy atom. The molecule has 2 saturated heterocycles. The van der Waals surface area contributed by atoms with E-state index in [9.17, 15) is 9.90 Å². The van der Waals surface area contributed by atoms with E-state index in [0.717, 1.165) is 25.7 Å². The van der Waals surface area contributed by atoms with Gasteiger partial charge in [0.1, 0.15) is 6.10 Å². The summed E-state index contributed by atoms with van der Waals surface area (Å²) in [6.45, 7) is 10.1. The van der Waals surface area contributed by atoms with Gasteiger partial charge in [-0.25, -0.2) is 4.79 Å². The molecule has 3 rings (SSSR count). The SMILES string of the molecule is C=C1C(=O)O[C@H]2[C@H]3O[C@H](C[C@@H]12)[C@@](C)(O)CCC=C(C)CCC[C@@H]3C. The van der Waals surface area contributed by atoms with Crippen molar-refractivity contribution in [1.29, 1.82) is 0 Å². The first kappa shape index (κ1) is 17.7. The van der Waals surface area contributed by atoms with Crippen LogP contribution in [0, 0.1) is 11.8 Å². The van der Waals surface area contributed by atoms with Crippen LogP contribution in [-0.2, 0) is 14.3 Å². The van der Waals surface area contributed by atoms with E-state index in [4.69, 9.17) is 9.47 Å². The summed E-state index contributed by atoms with van der Waals surface area (Å²) in [5.74, 6) is -0.0506. The van der Waals surface area contributed by atoms with Gasteiger partial charge in [-0.05, 0) is 58.3 Å². The Bertz CT molecular complexity index is 548. The monoisotopic (exact) mass is 334 g/mol. The molecule has 0 aromatic heterocycles. The predicted molar refractivity (Wildman–Crippen MR) is 92.4 cm³/mol. The Hall–Kier alpha value is -1.13. The van der Waals surface area contributed by atoms with Crippen LogP contribution in [-0.4, -0.2) is 35.0 Å². The molecule has 0 unspecified atom stereocenters. The molecule has 0 aromatic carbocycles. The Balaban J connectivity index is 1.90. The summed E-state index contributed by atoms with van der Waals surface area (Å²) in [6.07, 6.45) is 6.87. The van der Waals surface area contributed by atoms with Gasteiger partial charge in [0.05, 0.1) is 17.8 Å². The van der Waals surface area contributed by atoms with Gasteiger partial charge in [0.2, 0.25) is 0 Å². The molecule has 4 nitrogen and oxygen atoms in total. The van der Waals surface area contributed by atoms with Crippen molar-refractivity contribution >= 4 is 5.97 Å². The van der Waals surface area contributed by atoms with Crippen molar-refractivity contribution in [3.8, 4) is 0 Å². The van der Waals surface area contributed by atoms with Gasteiger partial charge in [-0.3, -0.25) is 0 Å². The molecule has 1 N–H and O–H groups in total. The zero-order valence-electron chi connectivity index (χ0n) is 15.1. The predicted octanol–water partition coefficient (Wildman–Crippen LogP) is 3.54. The highest BCUT2D eigenvalue weighted by Crippen LogP contribution is 2.44. The molecule has 0 saturated carbocycles. The van der Waals surface area contributed by atoms with E-state index in [1.807, 2.05) is 6.92 Å². The molecule has 0 spiro atoms. The first-order valence-corrected chi connectivity index (χ1v) is 9.23. The number of aliphatic hydroxyl groups is 1. The molecule has 0 amide bonds. The Morgan fingerprint density at radius 1 is 1.38 bits per heavy atom. The number of hydrogen-bond donors (Lipinski definition) is 1. The van der Waals surface area contributed by atoms with Gasteiger partial charge in [-0.2, -0.15) is 0 Å². The van der Waals surface area contributed by atoms with Crippen molar-refractivity contribution < 1.29 is 19.4 Å². The fourth-order valence-electron chi connectivity index (χ4n) is 4.36. The largest absolute Gasteiger partial charge is 0.456 e. The van der Waals surface area contributed by atoms with Crippen molar-refractivity contribution in [2.24, 2.45) is 11.8 Å². The lowest BCUT2D eigenvalue weighted by Gasteiger charge is -2.45. The molecule has 6 atom stereocenters. The van der Waals surface area contributed by atoms with Crippen LogP contribution in [0.15, 0.2) is 23.8 Å². The summed E-state index contributed by atoms with van der Waals surface area (Å²) < 4.78 is 11.9. The van der Waals surface area contributed by atoms with Gasteiger partial charge >= 0.3 is 5.97 Å². The number of rotatable bonds is 0. The molecule has 0 aliphatic carbocycles. The molecule has 4 heteroatoms. The number of esters is 1. The summed E-state index contributed by atoms with van der Waals surface area (Å²) in [4.78, 5) is 12.0. The summed E-state index contributed by atoms with van der Waals surface area (Å²) >= 11 is 0. The standard InChI is InChI=1S/C20H30O4/c1-12-7-5-9-13(2)17-18-15(14(3)19(21)24-18)11-16(23-17)20(4,22)10-6-8-12/h8,13,15-18,22H,3,5-7,9-11H2,1-2,4H3/t13-,15-,16+,17-,18+,20-/m0/s1. The normalized spacial score (nSPS) is 44.0. The second-order valence-electron chi connectivity index (χ2n) is 8.14. The van der Waals surface area contributed by atoms with Crippen LogP contribution < -0.4 is 0 Å². The number of carbonyl (C=O) groups excluding carboxylic acids is 1. The van der Waals surface area contributed by atoms with Crippen LogP contribution in [0.2, 0.25) is 0 Å². The average Bonchev–Trinajstić information content (AvgIpc) is 2.80. The molecule has 24 heavy (non-hydrogen) atoms. The van der Waals surface area contributed by atoms with Crippen LogP contribution in [0.5, 0.6) is 0 Å². The molecule has 2 bridgehead atoms. The quantitative estimate of drug-likeness (QED) is 0.418. The number of ether oxygens (including phenoxy) is 2. The zero-order chi connectivity index (χ0) is 17.5. The molecule has 0 aromatic rings. The molecule has 3 aliphatic heterocycles. The van der Waals surface area contributed by atoms with Crippen molar-refractivity contribution in [1.82, 2.24) is 0 Å². The molecule has 2 fully saturated rings. The third-order valence-corrected chi connectivity index (χ3v) is 6.09. The lowest BCUT2D eigenvalue weighted by Crippen LogP contribution is -2.54. The molecule has 3 heterocycles. The maximum atomic E-state index is 12.0. The van der Waals surface area contributed by atoms with Crippen LogP contribution in [0.1, 0.15) is 59.3 Å². The number of allylic oxidation sites excluding steroid dienone is 2. The van der Waals surface area contributed by atoms with Crippen molar-refractivity contribution in [3.63, 3.8) is 0 Å². The van der Waals surface area contributed by atoms with E-state index in [1.165, 1.54) is 5.57 Å². The second-order valence-corrected chi connectivity index (χ2v) is 8.14. The summed E-state index contributed by atoms with van der Waals surface area (Å²) in [7, 11) is 0. The minimum Gasteiger partial charge on any atom is -0.456 e. The van der Waals surface area contributed by atoms with Crippen LogP contribution in [0.3, 0.4) is 0 Å². The maximum absolute atomic E-state index is 12.0.